The topological polar surface area (TPSA) is 83.7 Å². The first-order valence-corrected chi connectivity index (χ1v) is 7.16. The van der Waals surface area contributed by atoms with Gasteiger partial charge in [-0.15, -0.1) is 0 Å². The van der Waals surface area contributed by atoms with Gasteiger partial charge in [-0.25, -0.2) is 4.39 Å². The minimum absolute atomic E-state index is 0.116. The zero-order valence-corrected chi connectivity index (χ0v) is 12.9. The summed E-state index contributed by atoms with van der Waals surface area (Å²) < 4.78 is 13.6. The van der Waals surface area contributed by atoms with E-state index in [1.54, 1.807) is 11.8 Å². The third kappa shape index (κ3) is 2.99. The molecule has 1 saturated heterocycles. The molecule has 0 spiro atoms. The summed E-state index contributed by atoms with van der Waals surface area (Å²) in [5, 5.41) is 20.4. The number of hydrogen-bond donors (Lipinski definition) is 1. The highest BCUT2D eigenvalue weighted by atomic mass is 79.9. The van der Waals surface area contributed by atoms with Crippen molar-refractivity contribution in [1.82, 2.24) is 0 Å². The molecule has 21 heavy (non-hydrogen) atoms. The molecule has 1 N–H and O–H groups in total. The molecule has 0 aromatic heterocycles. The van der Waals surface area contributed by atoms with Gasteiger partial charge in [0.05, 0.1) is 20.9 Å². The van der Waals surface area contributed by atoms with E-state index in [9.17, 15) is 24.4 Å². The van der Waals surface area contributed by atoms with E-state index >= 15 is 0 Å². The lowest BCUT2D eigenvalue weighted by atomic mass is 9.82. The second-order valence-electron chi connectivity index (χ2n) is 5.40. The lowest BCUT2D eigenvalue weighted by molar-refractivity contribution is -0.384. The number of carboxylic acids is 1. The fraction of sp³-hybridized carbons (Fsp3) is 0.462. The maximum atomic E-state index is 13.5. The highest BCUT2D eigenvalue weighted by molar-refractivity contribution is 9.10. The molecule has 0 aliphatic carbocycles. The van der Waals surface area contributed by atoms with Gasteiger partial charge in [0, 0.05) is 13.1 Å². The van der Waals surface area contributed by atoms with Crippen LogP contribution in [0.15, 0.2) is 16.6 Å². The molecule has 8 heteroatoms. The maximum Gasteiger partial charge on any atom is 0.311 e. The van der Waals surface area contributed by atoms with Crippen LogP contribution >= 0.6 is 15.9 Å². The molecule has 1 aromatic rings. The van der Waals surface area contributed by atoms with Crippen molar-refractivity contribution in [2.24, 2.45) is 5.41 Å². The molecular formula is C13H14BrFN2O4. The second kappa shape index (κ2) is 5.59. The molecule has 6 nitrogen and oxygen atoms in total. The first-order valence-electron chi connectivity index (χ1n) is 6.36. The van der Waals surface area contributed by atoms with Crippen LogP contribution in [0.5, 0.6) is 0 Å². The Kier molecular flexibility index (Phi) is 4.18. The highest BCUT2D eigenvalue weighted by Gasteiger charge is 2.39. The molecule has 1 aliphatic heterocycles. The molecule has 114 valence electrons. The lowest BCUT2D eigenvalue weighted by Gasteiger charge is -2.38. The number of nitro benzene ring substituents is 1. The Bertz CT molecular complexity index is 610. The van der Waals surface area contributed by atoms with Crippen molar-refractivity contribution in [2.75, 3.05) is 18.0 Å². The van der Waals surface area contributed by atoms with Crippen molar-refractivity contribution < 1.29 is 19.2 Å². The number of halogens is 2. The Hall–Kier alpha value is -1.70. The molecule has 0 saturated carbocycles. The predicted molar refractivity (Wildman–Crippen MR) is 77.9 cm³/mol. The number of nitro groups is 1. The van der Waals surface area contributed by atoms with Crippen molar-refractivity contribution >= 4 is 33.3 Å². The number of hydrogen-bond acceptors (Lipinski definition) is 4. The first kappa shape index (κ1) is 15.7. The number of anilines is 1. The van der Waals surface area contributed by atoms with Gasteiger partial charge in [0.2, 0.25) is 0 Å². The Morgan fingerprint density at radius 2 is 2.24 bits per heavy atom. The summed E-state index contributed by atoms with van der Waals surface area (Å²) in [6, 6.07) is 2.19. The SMILES string of the molecule is CC1(C(=O)O)CCCN(c2cc(Br)c(F)cc2[N+](=O)[O-])C1. The largest absolute Gasteiger partial charge is 0.481 e. The Labute approximate surface area is 128 Å². The smallest absolute Gasteiger partial charge is 0.311 e. The maximum absolute atomic E-state index is 13.5. The monoisotopic (exact) mass is 360 g/mol. The lowest BCUT2D eigenvalue weighted by Crippen LogP contribution is -2.46. The molecule has 1 fully saturated rings. The molecule has 0 bridgehead atoms. The van der Waals surface area contributed by atoms with Crippen LogP contribution in [0.4, 0.5) is 15.8 Å². The normalized spacial score (nSPS) is 22.1. The Morgan fingerprint density at radius 1 is 1.57 bits per heavy atom. The minimum atomic E-state index is -0.965. The van der Waals surface area contributed by atoms with Gasteiger partial charge in [-0.3, -0.25) is 14.9 Å². The number of aliphatic carboxylic acids is 1. The zero-order chi connectivity index (χ0) is 15.8. The predicted octanol–water partition coefficient (Wildman–Crippen LogP) is 3.19. The van der Waals surface area contributed by atoms with Crippen molar-refractivity contribution in [2.45, 2.75) is 19.8 Å². The van der Waals surface area contributed by atoms with E-state index in [1.165, 1.54) is 6.07 Å². The fourth-order valence-corrected chi connectivity index (χ4v) is 2.88. The third-order valence-electron chi connectivity index (χ3n) is 3.77. The molecule has 1 aliphatic rings. The van der Waals surface area contributed by atoms with Crippen molar-refractivity contribution in [3.8, 4) is 0 Å². The van der Waals surface area contributed by atoms with Gasteiger partial charge in [0.25, 0.3) is 5.69 Å². The highest BCUT2D eigenvalue weighted by Crippen LogP contribution is 2.38. The van der Waals surface area contributed by atoms with Gasteiger partial charge in [-0.05, 0) is 41.8 Å². The first-order chi connectivity index (χ1) is 9.74. The van der Waals surface area contributed by atoms with Crippen molar-refractivity contribution in [3.05, 3.63) is 32.5 Å². The molecule has 1 unspecified atom stereocenters. The molecule has 0 radical (unpaired) electrons. The van der Waals surface area contributed by atoms with Crippen LogP contribution in [0.1, 0.15) is 19.8 Å². The summed E-state index contributed by atoms with van der Waals surface area (Å²) in [6.45, 7) is 2.27. The van der Waals surface area contributed by atoms with Crippen LogP contribution in [0.3, 0.4) is 0 Å². The van der Waals surface area contributed by atoms with Gasteiger partial charge in [0.1, 0.15) is 11.5 Å². The van der Waals surface area contributed by atoms with Crippen LogP contribution in [-0.4, -0.2) is 29.1 Å². The van der Waals surface area contributed by atoms with E-state index in [2.05, 4.69) is 15.9 Å². The van der Waals surface area contributed by atoms with E-state index in [0.29, 0.717) is 19.4 Å². The number of piperidine rings is 1. The fourth-order valence-electron chi connectivity index (χ4n) is 2.54. The summed E-state index contributed by atoms with van der Waals surface area (Å²) in [4.78, 5) is 23.5. The van der Waals surface area contributed by atoms with Gasteiger partial charge >= 0.3 is 5.97 Å². The average molecular weight is 361 g/mol. The van der Waals surface area contributed by atoms with Gasteiger partial charge in [-0.1, -0.05) is 0 Å². The van der Waals surface area contributed by atoms with Crippen LogP contribution in [0.2, 0.25) is 0 Å². The average Bonchev–Trinajstić information content (AvgIpc) is 2.41. The Morgan fingerprint density at radius 3 is 2.81 bits per heavy atom. The minimum Gasteiger partial charge on any atom is -0.481 e. The zero-order valence-electron chi connectivity index (χ0n) is 11.3. The quantitative estimate of drug-likeness (QED) is 0.660. The summed E-state index contributed by atoms with van der Waals surface area (Å²) in [5.41, 5.74) is -1.08. The van der Waals surface area contributed by atoms with Gasteiger partial charge < -0.3 is 10.0 Å². The molecule has 1 aromatic carbocycles. The van der Waals surface area contributed by atoms with Gasteiger partial charge in [-0.2, -0.15) is 0 Å². The molecule has 2 rings (SSSR count). The van der Waals surface area contributed by atoms with E-state index in [1.807, 2.05) is 0 Å². The molecular weight excluding hydrogens is 347 g/mol. The second-order valence-corrected chi connectivity index (χ2v) is 6.26. The molecule has 1 heterocycles. The van der Waals surface area contributed by atoms with Crippen LogP contribution in [0.25, 0.3) is 0 Å². The summed E-state index contributed by atoms with van der Waals surface area (Å²) >= 11 is 3.01. The van der Waals surface area contributed by atoms with Crippen molar-refractivity contribution in [1.29, 1.82) is 0 Å². The Balaban J connectivity index is 2.44. The van der Waals surface area contributed by atoms with E-state index in [0.717, 1.165) is 6.07 Å². The summed E-state index contributed by atoms with van der Waals surface area (Å²) in [5.74, 6) is -1.65. The standard InChI is InChI=1S/C13H14BrFN2O4/c1-13(12(18)19)3-2-4-16(7-13)10-5-8(14)9(15)6-11(10)17(20)21/h5-6H,2-4,7H2,1H3,(H,18,19). The van der Waals surface area contributed by atoms with Crippen LogP contribution in [-0.2, 0) is 4.79 Å². The van der Waals surface area contributed by atoms with E-state index in [4.69, 9.17) is 0 Å². The number of benzene rings is 1. The van der Waals surface area contributed by atoms with Crippen LogP contribution < -0.4 is 4.90 Å². The number of rotatable bonds is 3. The number of carbonyl (C=O) groups is 1. The van der Waals surface area contributed by atoms with E-state index in [-0.39, 0.29) is 22.4 Å². The molecule has 1 atom stereocenters. The van der Waals surface area contributed by atoms with Crippen LogP contribution in [0, 0.1) is 21.3 Å². The van der Waals surface area contributed by atoms with Crippen molar-refractivity contribution in [3.63, 3.8) is 0 Å². The van der Waals surface area contributed by atoms with Gasteiger partial charge in [0.15, 0.2) is 0 Å². The summed E-state index contributed by atoms with van der Waals surface area (Å²) in [6.07, 6.45) is 1.12. The third-order valence-corrected chi connectivity index (χ3v) is 4.38. The number of carboxylic acid groups (broad SMARTS) is 1. The molecule has 0 amide bonds. The van der Waals surface area contributed by atoms with E-state index < -0.39 is 22.1 Å². The summed E-state index contributed by atoms with van der Waals surface area (Å²) in [7, 11) is 0. The number of nitrogens with zero attached hydrogens (tertiary/aromatic N) is 2.